The van der Waals surface area contributed by atoms with Crippen molar-refractivity contribution in [2.75, 3.05) is 6.54 Å². The molecule has 0 unspecified atom stereocenters. The highest BCUT2D eigenvalue weighted by molar-refractivity contribution is 6.33. The molecule has 1 aromatic heterocycles. The van der Waals surface area contributed by atoms with Gasteiger partial charge in [-0.3, -0.25) is 19.1 Å². The third-order valence-electron chi connectivity index (χ3n) is 6.75. The van der Waals surface area contributed by atoms with Crippen LogP contribution in [0.3, 0.4) is 0 Å². The Morgan fingerprint density at radius 3 is 2.36 bits per heavy atom. The Morgan fingerprint density at radius 2 is 1.69 bits per heavy atom. The number of carbonyl (C=O) groups is 1. The van der Waals surface area contributed by atoms with Crippen molar-refractivity contribution in [3.8, 4) is 11.1 Å². The summed E-state index contributed by atoms with van der Waals surface area (Å²) in [5.41, 5.74) is -2.97. The van der Waals surface area contributed by atoms with E-state index in [1.165, 1.54) is 12.1 Å². The van der Waals surface area contributed by atoms with Crippen LogP contribution in [0.15, 0.2) is 82.4 Å². The largest absolute Gasteiger partial charge is 0.481 e. The van der Waals surface area contributed by atoms with E-state index in [2.05, 4.69) is 10.3 Å². The van der Waals surface area contributed by atoms with E-state index in [1.54, 1.807) is 42.5 Å². The van der Waals surface area contributed by atoms with Crippen molar-refractivity contribution in [1.29, 1.82) is 0 Å². The summed E-state index contributed by atoms with van der Waals surface area (Å²) < 4.78 is 57.5. The van der Waals surface area contributed by atoms with Crippen LogP contribution in [0.2, 0.25) is 5.02 Å². The van der Waals surface area contributed by atoms with E-state index in [-0.39, 0.29) is 47.7 Å². The van der Waals surface area contributed by atoms with Gasteiger partial charge in [-0.1, -0.05) is 66.2 Å². The van der Waals surface area contributed by atoms with Gasteiger partial charge < -0.3 is 10.4 Å². The smallest absolute Gasteiger partial charge is 0.416 e. The van der Waals surface area contributed by atoms with E-state index in [0.29, 0.717) is 5.56 Å². The Balaban J connectivity index is 1.93. The number of rotatable bonds is 11. The molecule has 1 heterocycles. The van der Waals surface area contributed by atoms with E-state index in [0.717, 1.165) is 22.8 Å². The normalized spacial score (nSPS) is 12.3. The van der Waals surface area contributed by atoms with Gasteiger partial charge in [0, 0.05) is 40.7 Å². The zero-order valence-electron chi connectivity index (χ0n) is 22.1. The SMILES string of the molecule is O=C(O)CCCN[C@H](Cc1c(-c2ccccc2Cl)c(=O)[nH]c(=O)n1Cc1c(F)cccc1C(F)(F)F)c1ccccc1. The van der Waals surface area contributed by atoms with Crippen molar-refractivity contribution < 1.29 is 27.5 Å². The van der Waals surface area contributed by atoms with Crippen molar-refractivity contribution >= 4 is 17.6 Å². The predicted molar refractivity (Wildman–Crippen MR) is 150 cm³/mol. The molecule has 0 aliphatic carbocycles. The second-order valence-electron chi connectivity index (χ2n) is 9.53. The number of aliphatic carboxylic acids is 1. The number of carboxylic acid groups (broad SMARTS) is 1. The van der Waals surface area contributed by atoms with Crippen LogP contribution in [0, 0.1) is 5.82 Å². The molecular weight excluding hydrogens is 578 g/mol. The number of hydrogen-bond acceptors (Lipinski definition) is 4. The number of nitrogens with zero attached hydrogens (tertiary/aromatic N) is 1. The van der Waals surface area contributed by atoms with Gasteiger partial charge in [0.2, 0.25) is 0 Å². The van der Waals surface area contributed by atoms with Crippen molar-refractivity contribution in [2.24, 2.45) is 0 Å². The van der Waals surface area contributed by atoms with Crippen LogP contribution in [-0.4, -0.2) is 27.2 Å². The molecule has 42 heavy (non-hydrogen) atoms. The number of carboxylic acids is 1. The Morgan fingerprint density at radius 1 is 1.00 bits per heavy atom. The van der Waals surface area contributed by atoms with Crippen molar-refractivity contribution in [1.82, 2.24) is 14.9 Å². The summed E-state index contributed by atoms with van der Waals surface area (Å²) in [5, 5.41) is 12.4. The highest BCUT2D eigenvalue weighted by Gasteiger charge is 2.35. The van der Waals surface area contributed by atoms with Gasteiger partial charge in [-0.2, -0.15) is 13.2 Å². The third-order valence-corrected chi connectivity index (χ3v) is 7.08. The molecule has 4 aromatic rings. The lowest BCUT2D eigenvalue weighted by atomic mass is 9.95. The molecule has 12 heteroatoms. The molecule has 4 rings (SSSR count). The maximum absolute atomic E-state index is 14.9. The monoisotopic (exact) mass is 603 g/mol. The van der Waals surface area contributed by atoms with Gasteiger partial charge in [0.05, 0.1) is 17.7 Å². The van der Waals surface area contributed by atoms with E-state index in [4.69, 9.17) is 16.7 Å². The van der Waals surface area contributed by atoms with E-state index >= 15 is 0 Å². The fraction of sp³-hybridized carbons (Fsp3) is 0.233. The molecule has 3 N–H and O–H groups in total. The average Bonchev–Trinajstić information content (AvgIpc) is 2.93. The first-order valence-electron chi connectivity index (χ1n) is 12.9. The number of aromatic amines is 1. The van der Waals surface area contributed by atoms with Gasteiger partial charge in [-0.25, -0.2) is 9.18 Å². The van der Waals surface area contributed by atoms with Gasteiger partial charge >= 0.3 is 17.8 Å². The Labute approximate surface area is 242 Å². The number of hydrogen-bond donors (Lipinski definition) is 3. The Kier molecular flexibility index (Phi) is 9.64. The van der Waals surface area contributed by atoms with Crippen LogP contribution in [0.4, 0.5) is 17.6 Å². The molecule has 0 saturated heterocycles. The number of halogens is 5. The molecule has 0 bridgehead atoms. The van der Waals surface area contributed by atoms with Crippen LogP contribution >= 0.6 is 11.6 Å². The summed E-state index contributed by atoms with van der Waals surface area (Å²) in [6.07, 6.45) is -4.86. The maximum Gasteiger partial charge on any atom is 0.416 e. The van der Waals surface area contributed by atoms with Gasteiger partial charge in [-0.15, -0.1) is 0 Å². The molecule has 3 aromatic carbocycles. The van der Waals surface area contributed by atoms with Crippen LogP contribution in [0.25, 0.3) is 11.1 Å². The van der Waals surface area contributed by atoms with Gasteiger partial charge in [0.1, 0.15) is 5.82 Å². The molecule has 0 aliphatic rings. The van der Waals surface area contributed by atoms with Gasteiger partial charge in [-0.05, 0) is 36.7 Å². The first kappa shape index (κ1) is 30.7. The molecule has 0 saturated carbocycles. The third kappa shape index (κ3) is 7.15. The number of aromatic nitrogens is 2. The summed E-state index contributed by atoms with van der Waals surface area (Å²) in [6, 6.07) is 17.0. The molecule has 220 valence electrons. The minimum atomic E-state index is -4.91. The summed E-state index contributed by atoms with van der Waals surface area (Å²) in [7, 11) is 0. The second-order valence-corrected chi connectivity index (χ2v) is 9.94. The van der Waals surface area contributed by atoms with E-state index in [9.17, 15) is 31.9 Å². The first-order valence-corrected chi connectivity index (χ1v) is 13.3. The minimum absolute atomic E-state index is 0.0211. The van der Waals surface area contributed by atoms with E-state index in [1.807, 2.05) is 0 Å². The number of nitrogens with one attached hydrogen (secondary N) is 2. The summed E-state index contributed by atoms with van der Waals surface area (Å²) in [5.74, 6) is -2.15. The predicted octanol–water partition coefficient (Wildman–Crippen LogP) is 5.80. The first-order chi connectivity index (χ1) is 20.0. The molecule has 1 atom stereocenters. The standard InChI is InChI=1S/C30H26ClF4N3O4/c31-22-12-5-4-10-19(22)27-25(16-24(18-8-2-1-3-9-18)36-15-7-14-26(39)40)38(29(42)37-28(27)41)17-20-21(30(33,34)35)11-6-13-23(20)32/h1-6,8-13,24,36H,7,14-17H2,(H,39,40)(H,37,41,42)/t24-/m1/s1. The fourth-order valence-electron chi connectivity index (χ4n) is 4.78. The highest BCUT2D eigenvalue weighted by Crippen LogP contribution is 2.35. The Hall–Kier alpha value is -4.22. The lowest BCUT2D eigenvalue weighted by Crippen LogP contribution is -2.37. The van der Waals surface area contributed by atoms with Crippen molar-refractivity contribution in [2.45, 2.75) is 38.0 Å². The molecule has 0 aliphatic heterocycles. The minimum Gasteiger partial charge on any atom is -0.481 e. The zero-order chi connectivity index (χ0) is 30.4. The summed E-state index contributed by atoms with van der Waals surface area (Å²) in [6.45, 7) is -0.587. The van der Waals surface area contributed by atoms with Gasteiger partial charge in [0.25, 0.3) is 5.56 Å². The van der Waals surface area contributed by atoms with Crippen LogP contribution in [0.5, 0.6) is 0 Å². The molecule has 0 spiro atoms. The topological polar surface area (TPSA) is 104 Å². The number of H-pyrrole nitrogens is 1. The quantitative estimate of drug-likeness (QED) is 0.148. The lowest BCUT2D eigenvalue weighted by Gasteiger charge is -2.24. The number of alkyl halides is 3. The van der Waals surface area contributed by atoms with Crippen LogP contribution in [-0.2, 0) is 23.9 Å². The van der Waals surface area contributed by atoms with Crippen molar-refractivity contribution in [3.63, 3.8) is 0 Å². The van der Waals surface area contributed by atoms with E-state index < -0.39 is 52.9 Å². The van der Waals surface area contributed by atoms with Gasteiger partial charge in [0.15, 0.2) is 0 Å². The Bertz CT molecular complexity index is 1690. The lowest BCUT2D eigenvalue weighted by molar-refractivity contribution is -0.138. The molecule has 0 fully saturated rings. The molecule has 0 radical (unpaired) electrons. The summed E-state index contributed by atoms with van der Waals surface area (Å²) in [4.78, 5) is 39.7. The fourth-order valence-corrected chi connectivity index (χ4v) is 5.01. The van der Waals surface area contributed by atoms with Crippen LogP contribution in [0.1, 0.15) is 41.3 Å². The van der Waals surface area contributed by atoms with Crippen LogP contribution < -0.4 is 16.6 Å². The number of benzene rings is 3. The summed E-state index contributed by atoms with van der Waals surface area (Å²) >= 11 is 6.43. The molecular formula is C30H26ClF4N3O4. The molecule has 0 amide bonds. The maximum atomic E-state index is 14.9. The highest BCUT2D eigenvalue weighted by atomic mass is 35.5. The van der Waals surface area contributed by atoms with Crippen molar-refractivity contribution in [3.05, 3.63) is 127 Å². The second kappa shape index (κ2) is 13.2. The molecule has 7 nitrogen and oxygen atoms in total. The average molecular weight is 604 g/mol. The zero-order valence-corrected chi connectivity index (χ0v) is 22.8.